The maximum Gasteiger partial charge on any atom is 0.330 e. The van der Waals surface area contributed by atoms with Crippen LogP contribution >= 0.6 is 0 Å². The number of aromatic amines is 2. The molecule has 2 fully saturated rings. The molecule has 7 rings (SSSR count). The molecule has 0 amide bonds. The zero-order valence-electron chi connectivity index (χ0n) is 45.9. The van der Waals surface area contributed by atoms with Crippen LogP contribution in [-0.2, 0) is 29.3 Å². The summed E-state index contributed by atoms with van der Waals surface area (Å²) in [5, 5.41) is 11.8. The molecule has 77 heavy (non-hydrogen) atoms. The summed E-state index contributed by atoms with van der Waals surface area (Å²) in [6.45, 7) is 3.80. The predicted octanol–water partition coefficient (Wildman–Crippen LogP) is 8.48. The van der Waals surface area contributed by atoms with Crippen molar-refractivity contribution in [2.24, 2.45) is 5.92 Å². The van der Waals surface area contributed by atoms with Crippen LogP contribution in [0.3, 0.4) is 0 Å². The van der Waals surface area contributed by atoms with E-state index in [0.29, 0.717) is 37.6 Å². The Bertz CT molecular complexity index is 2700. The number of aromatic nitrogens is 4. The van der Waals surface area contributed by atoms with Gasteiger partial charge < -0.3 is 43.2 Å². The molecule has 3 aromatic carbocycles. The van der Waals surface area contributed by atoms with Gasteiger partial charge in [-0.1, -0.05) is 151 Å². The molecule has 2 aromatic heterocycles. The van der Waals surface area contributed by atoms with Gasteiger partial charge in [0.25, 0.3) is 11.1 Å². The predicted molar refractivity (Wildman–Crippen MR) is 296 cm³/mol. The Morgan fingerprint density at radius 3 is 1.48 bits per heavy atom. The van der Waals surface area contributed by atoms with Gasteiger partial charge in [0, 0.05) is 51.2 Å². The number of rotatable bonds is 33. The van der Waals surface area contributed by atoms with Crippen LogP contribution in [-0.4, -0.2) is 114 Å². The summed E-state index contributed by atoms with van der Waals surface area (Å²) >= 11 is 0. The zero-order chi connectivity index (χ0) is 54.6. The average Bonchev–Trinajstić information content (AvgIpc) is 3.97. The van der Waals surface area contributed by atoms with Crippen LogP contribution in [0.4, 0.5) is 0 Å². The molecule has 0 radical (unpaired) electrons. The molecule has 0 unspecified atom stereocenters. The molecular formula is C60H83N5O12. The number of aliphatic hydroxyl groups excluding tert-OH is 1. The summed E-state index contributed by atoms with van der Waals surface area (Å²) in [6.07, 6.45) is 15.9. The molecule has 0 bridgehead atoms. The molecule has 4 heterocycles. The second-order valence-corrected chi connectivity index (χ2v) is 20.6. The van der Waals surface area contributed by atoms with E-state index in [-0.39, 0.29) is 12.5 Å². The number of ether oxygens (including phenoxy) is 7. The number of aliphatic hydroxyl groups is 1. The summed E-state index contributed by atoms with van der Waals surface area (Å²) < 4.78 is 46.7. The van der Waals surface area contributed by atoms with Gasteiger partial charge >= 0.3 is 11.4 Å². The minimum absolute atomic E-state index is 0.0424. The third-order valence-electron chi connectivity index (χ3n) is 15.5. The second-order valence-electron chi connectivity index (χ2n) is 20.6. The summed E-state index contributed by atoms with van der Waals surface area (Å²) in [4.78, 5) is 57.8. The minimum Gasteiger partial charge on any atom is -0.497 e. The van der Waals surface area contributed by atoms with E-state index < -0.39 is 71.1 Å². The number of H-pyrrole nitrogens is 2. The molecule has 3 N–H and O–H groups in total. The molecular weight excluding hydrogens is 983 g/mol. The first-order valence-electron chi connectivity index (χ1n) is 27.9. The van der Waals surface area contributed by atoms with Gasteiger partial charge in [-0.05, 0) is 66.9 Å². The van der Waals surface area contributed by atoms with Crippen molar-refractivity contribution in [3.8, 4) is 11.5 Å². The quantitative estimate of drug-likeness (QED) is 0.0267. The molecule has 420 valence electrons. The molecule has 2 saturated heterocycles. The lowest BCUT2D eigenvalue weighted by Gasteiger charge is -2.37. The van der Waals surface area contributed by atoms with E-state index in [1.807, 2.05) is 78.9 Å². The third-order valence-corrected chi connectivity index (χ3v) is 15.5. The van der Waals surface area contributed by atoms with Crippen LogP contribution in [0.2, 0.25) is 0 Å². The lowest BCUT2D eigenvalue weighted by atomic mass is 9.79. The van der Waals surface area contributed by atoms with Gasteiger partial charge in [-0.3, -0.25) is 28.7 Å². The number of methoxy groups -OCH3 is 4. The first-order chi connectivity index (χ1) is 37.5. The van der Waals surface area contributed by atoms with Gasteiger partial charge in [-0.25, -0.2) is 9.59 Å². The Balaban J connectivity index is 1.14. The smallest absolute Gasteiger partial charge is 0.330 e. The van der Waals surface area contributed by atoms with Crippen molar-refractivity contribution in [1.82, 2.24) is 24.0 Å². The first-order valence-corrected chi connectivity index (χ1v) is 27.9. The molecule has 2 aliphatic rings. The van der Waals surface area contributed by atoms with Gasteiger partial charge in [-0.15, -0.1) is 0 Å². The highest BCUT2D eigenvalue weighted by atomic mass is 16.6. The highest BCUT2D eigenvalue weighted by Crippen LogP contribution is 2.44. The van der Waals surface area contributed by atoms with Crippen LogP contribution in [0.25, 0.3) is 0 Å². The molecule has 17 heteroatoms. The fraction of sp³-hybridized carbons (Fsp3) is 0.567. The normalized spacial score (nSPS) is 21.5. The number of nitrogens with zero attached hydrogens (tertiary/aromatic N) is 3. The Morgan fingerprint density at radius 2 is 1.01 bits per heavy atom. The second kappa shape index (κ2) is 29.9. The number of benzene rings is 3. The summed E-state index contributed by atoms with van der Waals surface area (Å²) in [5.41, 5.74) is -1.02. The molecule has 0 spiro atoms. The van der Waals surface area contributed by atoms with E-state index in [1.165, 1.54) is 118 Å². The van der Waals surface area contributed by atoms with Crippen molar-refractivity contribution in [3.05, 3.63) is 162 Å². The lowest BCUT2D eigenvalue weighted by Crippen LogP contribution is -2.43. The van der Waals surface area contributed by atoms with Crippen molar-refractivity contribution >= 4 is 0 Å². The molecule has 5 aromatic rings. The molecule has 0 aliphatic carbocycles. The topological polar surface area (TPSA) is 198 Å². The Labute approximate surface area is 452 Å². The van der Waals surface area contributed by atoms with Crippen LogP contribution in [0.5, 0.6) is 11.5 Å². The average molecular weight is 1070 g/mol. The molecule has 17 nitrogen and oxygen atoms in total. The van der Waals surface area contributed by atoms with Crippen molar-refractivity contribution in [3.63, 3.8) is 0 Å². The van der Waals surface area contributed by atoms with Crippen molar-refractivity contribution in [1.29, 1.82) is 0 Å². The van der Waals surface area contributed by atoms with E-state index in [2.05, 4.69) is 21.8 Å². The van der Waals surface area contributed by atoms with Gasteiger partial charge in [0.2, 0.25) is 0 Å². The van der Waals surface area contributed by atoms with Crippen LogP contribution < -0.4 is 32.0 Å². The van der Waals surface area contributed by atoms with Crippen molar-refractivity contribution < 1.29 is 38.3 Å². The first kappa shape index (κ1) is 59.0. The third kappa shape index (κ3) is 15.3. The largest absolute Gasteiger partial charge is 0.497 e. The van der Waals surface area contributed by atoms with Crippen molar-refractivity contribution in [2.75, 3.05) is 54.7 Å². The minimum atomic E-state index is -1.18. The van der Waals surface area contributed by atoms with Gasteiger partial charge in [-0.2, -0.15) is 0 Å². The lowest BCUT2D eigenvalue weighted by molar-refractivity contribution is -0.0932. The van der Waals surface area contributed by atoms with Gasteiger partial charge in [0.05, 0.1) is 26.9 Å². The van der Waals surface area contributed by atoms with Crippen molar-refractivity contribution in [2.45, 2.75) is 158 Å². The standard InChI is InChI=1S/C60H83N5O12/c1-6-7-8-9-10-11-12-13-14-15-16-17-18-19-23-37-63(41-49-53(68)55(74-5)57(76-49)65-40-36-52(67)62-59(65)70)38-34-48-50(77-56(54(48)73-4)64-39-35-51(66)61-58(64)69)42-75-60(43-24-21-20-22-25-43,44-26-30-46(71-2)31-27-44)45-28-32-47(72-3)33-29-45/h20-22,24-33,35-36,39-40,48-50,53-57,68H,6-19,23,34,37-38,41-42H2,1-5H3,(H,61,66,69)(H,62,67,70)/t48-,49-,50-,53-,54-,55-,56-,57-/m1/s1. The molecule has 0 saturated carbocycles. The zero-order valence-corrected chi connectivity index (χ0v) is 45.9. The van der Waals surface area contributed by atoms with Crippen LogP contribution in [0, 0.1) is 5.92 Å². The van der Waals surface area contributed by atoms with E-state index >= 15 is 0 Å². The van der Waals surface area contributed by atoms with Gasteiger partial charge in [0.1, 0.15) is 41.5 Å². The van der Waals surface area contributed by atoms with Crippen LogP contribution in [0.15, 0.2) is 123 Å². The summed E-state index contributed by atoms with van der Waals surface area (Å²) in [7, 11) is 6.31. The van der Waals surface area contributed by atoms with E-state index in [0.717, 1.165) is 36.0 Å². The van der Waals surface area contributed by atoms with E-state index in [9.17, 15) is 24.3 Å². The Hall–Kier alpha value is -5.66. The van der Waals surface area contributed by atoms with E-state index in [1.54, 1.807) is 21.3 Å². The molecule has 8 atom stereocenters. The highest BCUT2D eigenvalue weighted by Gasteiger charge is 2.49. The molecule has 2 aliphatic heterocycles. The SMILES string of the molecule is CCCCCCCCCCCCCCCCCN(CC[C@H]1[C@@H](OC)[C@H](n2ccc(=O)[nH]c2=O)O[C@@H]1COC(c1ccccc1)(c1ccc(OC)cc1)c1ccc(OC)cc1)C[C@H]1O[C@@H](n2ccc(=O)[nH]c2=O)[C@H](OC)[C@@H]1O. The highest BCUT2D eigenvalue weighted by molar-refractivity contribution is 5.49. The Kier molecular flexibility index (Phi) is 22.9. The maximum atomic E-state index is 13.5. The fourth-order valence-electron chi connectivity index (χ4n) is 11.3. The van der Waals surface area contributed by atoms with E-state index in [4.69, 9.17) is 33.2 Å². The summed E-state index contributed by atoms with van der Waals surface area (Å²) in [6, 6.07) is 28.1. The van der Waals surface area contributed by atoms with Crippen LogP contribution in [0.1, 0.15) is 139 Å². The maximum absolute atomic E-state index is 13.5. The summed E-state index contributed by atoms with van der Waals surface area (Å²) in [5.74, 6) is 0.996. The number of unbranched alkanes of at least 4 members (excludes halogenated alkanes) is 14. The number of hydrogen-bond acceptors (Lipinski definition) is 13. The fourth-order valence-corrected chi connectivity index (χ4v) is 11.3. The number of nitrogens with one attached hydrogen (secondary N) is 2. The number of hydrogen-bond donors (Lipinski definition) is 3. The monoisotopic (exact) mass is 1070 g/mol. The van der Waals surface area contributed by atoms with Gasteiger partial charge in [0.15, 0.2) is 12.5 Å². The Morgan fingerprint density at radius 1 is 0.558 bits per heavy atom.